The molecule has 0 saturated heterocycles. The number of hydrogen-bond donors (Lipinski definition) is 0. The predicted octanol–water partition coefficient (Wildman–Crippen LogP) is 4.53. The summed E-state index contributed by atoms with van der Waals surface area (Å²) in [5.41, 5.74) is 1.38. The maximum Gasteiger partial charge on any atom is 0.417 e. The van der Waals surface area contributed by atoms with E-state index in [4.69, 9.17) is 0 Å². The SMILES string of the molecule is CCn1cc(-c2cc(C(F)(F)F)c3c(C)nn(C(C)C)c3n2)c(C)n1. The number of alkyl halides is 3. The third-order valence-electron chi connectivity index (χ3n) is 4.18. The molecule has 0 aliphatic heterocycles. The van der Waals surface area contributed by atoms with Crippen molar-refractivity contribution in [3.05, 3.63) is 29.2 Å². The molecule has 25 heavy (non-hydrogen) atoms. The van der Waals surface area contributed by atoms with Crippen LogP contribution in [0.15, 0.2) is 12.3 Å². The molecule has 3 aromatic rings. The lowest BCUT2D eigenvalue weighted by Gasteiger charge is -2.12. The molecule has 0 radical (unpaired) electrons. The Morgan fingerprint density at radius 1 is 1.12 bits per heavy atom. The Balaban J connectivity index is 2.38. The minimum absolute atomic E-state index is 0.0606. The van der Waals surface area contributed by atoms with Gasteiger partial charge in [-0.05, 0) is 40.7 Å². The smallest absolute Gasteiger partial charge is 0.272 e. The van der Waals surface area contributed by atoms with Crippen LogP contribution in [0.3, 0.4) is 0 Å². The van der Waals surface area contributed by atoms with Gasteiger partial charge in [-0.1, -0.05) is 0 Å². The van der Waals surface area contributed by atoms with Crippen molar-refractivity contribution < 1.29 is 13.2 Å². The molecule has 0 fully saturated rings. The molecule has 0 aliphatic carbocycles. The topological polar surface area (TPSA) is 48.5 Å². The van der Waals surface area contributed by atoms with Crippen LogP contribution in [0.1, 0.15) is 43.8 Å². The van der Waals surface area contributed by atoms with Crippen molar-refractivity contribution in [1.82, 2.24) is 24.5 Å². The van der Waals surface area contributed by atoms with Gasteiger partial charge < -0.3 is 0 Å². The Morgan fingerprint density at radius 2 is 1.80 bits per heavy atom. The number of aryl methyl sites for hydroxylation is 3. The van der Waals surface area contributed by atoms with Gasteiger partial charge in [0.15, 0.2) is 5.65 Å². The first-order valence-electron chi connectivity index (χ1n) is 8.15. The first-order chi connectivity index (χ1) is 11.6. The number of pyridine rings is 1. The first kappa shape index (κ1) is 17.4. The van der Waals surface area contributed by atoms with E-state index < -0.39 is 11.7 Å². The number of hydrogen-bond acceptors (Lipinski definition) is 3. The molecule has 0 atom stereocenters. The van der Waals surface area contributed by atoms with E-state index in [1.54, 1.807) is 29.4 Å². The van der Waals surface area contributed by atoms with Crippen LogP contribution in [0.5, 0.6) is 0 Å². The zero-order valence-electron chi connectivity index (χ0n) is 14.8. The fourth-order valence-electron chi connectivity index (χ4n) is 2.97. The molecule has 3 aromatic heterocycles. The molecule has 0 spiro atoms. The molecule has 0 bridgehead atoms. The van der Waals surface area contributed by atoms with Crippen LogP contribution in [0.25, 0.3) is 22.3 Å². The number of halogens is 3. The molecule has 0 amide bonds. The van der Waals surface area contributed by atoms with Gasteiger partial charge in [-0.2, -0.15) is 23.4 Å². The summed E-state index contributed by atoms with van der Waals surface area (Å²) < 4.78 is 44.3. The van der Waals surface area contributed by atoms with E-state index in [1.165, 1.54) is 0 Å². The second-order valence-corrected chi connectivity index (χ2v) is 6.36. The van der Waals surface area contributed by atoms with E-state index >= 15 is 0 Å². The molecule has 0 N–H and O–H groups in total. The largest absolute Gasteiger partial charge is 0.417 e. The summed E-state index contributed by atoms with van der Waals surface area (Å²) in [6.07, 6.45) is -2.76. The van der Waals surface area contributed by atoms with Crippen LogP contribution >= 0.6 is 0 Å². The number of aromatic nitrogens is 5. The van der Waals surface area contributed by atoms with Crippen LogP contribution < -0.4 is 0 Å². The molecule has 0 aliphatic rings. The summed E-state index contributed by atoms with van der Waals surface area (Å²) in [6, 6.07) is 1.01. The quantitative estimate of drug-likeness (QED) is 0.696. The Bertz CT molecular complexity index is 934. The van der Waals surface area contributed by atoms with Gasteiger partial charge >= 0.3 is 6.18 Å². The predicted molar refractivity (Wildman–Crippen MR) is 89.3 cm³/mol. The van der Waals surface area contributed by atoms with Gasteiger partial charge in [-0.3, -0.25) is 4.68 Å². The Hall–Kier alpha value is -2.38. The van der Waals surface area contributed by atoms with E-state index in [-0.39, 0.29) is 22.8 Å². The fourth-order valence-corrected chi connectivity index (χ4v) is 2.97. The van der Waals surface area contributed by atoms with Gasteiger partial charge in [0.25, 0.3) is 0 Å². The van der Waals surface area contributed by atoms with Crippen LogP contribution in [0, 0.1) is 13.8 Å². The van der Waals surface area contributed by atoms with Crippen LogP contribution in [-0.4, -0.2) is 24.5 Å². The molecular weight excluding hydrogens is 331 g/mol. The molecule has 0 aromatic carbocycles. The van der Waals surface area contributed by atoms with Crippen molar-refractivity contribution in [1.29, 1.82) is 0 Å². The molecule has 3 heterocycles. The lowest BCUT2D eigenvalue weighted by Crippen LogP contribution is -2.09. The number of rotatable bonds is 3. The summed E-state index contributed by atoms with van der Waals surface area (Å²) in [5, 5.41) is 8.65. The highest BCUT2D eigenvalue weighted by atomic mass is 19.4. The molecule has 134 valence electrons. The van der Waals surface area contributed by atoms with E-state index in [0.717, 1.165) is 6.07 Å². The summed E-state index contributed by atoms with van der Waals surface area (Å²) in [6.45, 7) is 9.65. The zero-order valence-corrected chi connectivity index (χ0v) is 14.8. The van der Waals surface area contributed by atoms with Crippen LogP contribution in [0.4, 0.5) is 13.2 Å². The van der Waals surface area contributed by atoms with Crippen molar-refractivity contribution in [2.75, 3.05) is 0 Å². The normalized spacial score (nSPS) is 12.5. The number of nitrogens with zero attached hydrogens (tertiary/aromatic N) is 5. The average Bonchev–Trinajstić information content (AvgIpc) is 3.06. The van der Waals surface area contributed by atoms with Crippen molar-refractivity contribution in [3.8, 4) is 11.3 Å². The van der Waals surface area contributed by atoms with Crippen LogP contribution in [-0.2, 0) is 12.7 Å². The second kappa shape index (κ2) is 5.86. The van der Waals surface area contributed by atoms with E-state index in [9.17, 15) is 13.2 Å². The molecule has 3 rings (SSSR count). The maximum atomic E-state index is 13.7. The van der Waals surface area contributed by atoms with Crippen molar-refractivity contribution in [2.24, 2.45) is 0 Å². The maximum absolute atomic E-state index is 13.7. The van der Waals surface area contributed by atoms with Crippen LogP contribution in [0.2, 0.25) is 0 Å². The van der Waals surface area contributed by atoms with Crippen molar-refractivity contribution in [2.45, 2.75) is 53.4 Å². The minimum Gasteiger partial charge on any atom is -0.272 e. The van der Waals surface area contributed by atoms with Gasteiger partial charge in [0.2, 0.25) is 0 Å². The van der Waals surface area contributed by atoms with E-state index in [2.05, 4.69) is 15.2 Å². The summed E-state index contributed by atoms with van der Waals surface area (Å²) in [4.78, 5) is 4.52. The van der Waals surface area contributed by atoms with Gasteiger partial charge in [-0.25, -0.2) is 9.67 Å². The molecule has 5 nitrogen and oxygen atoms in total. The minimum atomic E-state index is -4.49. The molecular formula is C17H20F3N5. The highest BCUT2D eigenvalue weighted by molar-refractivity contribution is 5.86. The monoisotopic (exact) mass is 351 g/mol. The molecule has 0 unspecified atom stereocenters. The van der Waals surface area contributed by atoms with E-state index in [0.29, 0.717) is 23.5 Å². The second-order valence-electron chi connectivity index (χ2n) is 6.36. The van der Waals surface area contributed by atoms with Crippen molar-refractivity contribution >= 4 is 11.0 Å². The lowest BCUT2D eigenvalue weighted by atomic mass is 10.1. The summed E-state index contributed by atoms with van der Waals surface area (Å²) in [7, 11) is 0. The highest BCUT2D eigenvalue weighted by Crippen LogP contribution is 2.38. The molecule has 8 heteroatoms. The Morgan fingerprint density at radius 3 is 2.32 bits per heavy atom. The van der Waals surface area contributed by atoms with Gasteiger partial charge in [-0.15, -0.1) is 0 Å². The highest BCUT2D eigenvalue weighted by Gasteiger charge is 2.36. The van der Waals surface area contributed by atoms with Gasteiger partial charge in [0.1, 0.15) is 0 Å². The number of fused-ring (bicyclic) bond motifs is 1. The summed E-state index contributed by atoms with van der Waals surface area (Å²) in [5.74, 6) is 0. The first-order valence-corrected chi connectivity index (χ1v) is 8.15. The molecule has 0 saturated carbocycles. The average molecular weight is 351 g/mol. The third kappa shape index (κ3) is 2.89. The summed E-state index contributed by atoms with van der Waals surface area (Å²) >= 11 is 0. The van der Waals surface area contributed by atoms with Gasteiger partial charge in [0.05, 0.1) is 28.0 Å². The fraction of sp³-hybridized carbons (Fsp3) is 0.471. The van der Waals surface area contributed by atoms with Gasteiger partial charge in [0, 0.05) is 24.3 Å². The van der Waals surface area contributed by atoms with Crippen molar-refractivity contribution in [3.63, 3.8) is 0 Å². The zero-order chi connectivity index (χ0) is 18.5. The standard InChI is InChI=1S/C17H20F3N5/c1-6-24-8-12(10(4)22-24)14-7-13(17(18,19)20)15-11(5)23-25(9(2)3)16(15)21-14/h7-9H,6H2,1-5H3. The van der Waals surface area contributed by atoms with E-state index in [1.807, 2.05) is 20.8 Å². The third-order valence-corrected chi connectivity index (χ3v) is 4.18. The Kier molecular flexibility index (Phi) is 4.09. The lowest BCUT2D eigenvalue weighted by molar-refractivity contribution is -0.136. The Labute approximate surface area is 143 Å².